The van der Waals surface area contributed by atoms with Crippen molar-refractivity contribution in [3.05, 3.63) is 88.1 Å². The fourth-order valence-corrected chi connectivity index (χ4v) is 3.88. The van der Waals surface area contributed by atoms with Crippen LogP contribution in [0.25, 0.3) is 0 Å². The molecule has 1 aliphatic heterocycles. The fraction of sp³-hybridized carbons (Fsp3) is 0.105. The van der Waals surface area contributed by atoms with E-state index < -0.39 is 0 Å². The zero-order chi connectivity index (χ0) is 14.9. The van der Waals surface area contributed by atoms with Gasteiger partial charge in [-0.05, 0) is 28.6 Å². The van der Waals surface area contributed by atoms with Crippen LogP contribution in [-0.2, 0) is 11.3 Å². The summed E-state index contributed by atoms with van der Waals surface area (Å²) >= 11 is 1.65. The van der Waals surface area contributed by atoms with Crippen LogP contribution in [-0.4, -0.2) is 5.91 Å². The Balaban J connectivity index is 1.76. The van der Waals surface area contributed by atoms with Crippen LogP contribution in [0.3, 0.4) is 0 Å². The number of rotatable bonds is 3. The van der Waals surface area contributed by atoms with Gasteiger partial charge in [0.2, 0.25) is 5.91 Å². The number of carbonyl (C=O) groups excluding carboxylic acids is 1. The first-order chi connectivity index (χ1) is 10.8. The summed E-state index contributed by atoms with van der Waals surface area (Å²) in [4.78, 5) is 16.0. The van der Waals surface area contributed by atoms with Crippen LogP contribution >= 0.6 is 11.3 Å². The van der Waals surface area contributed by atoms with Crippen molar-refractivity contribution in [3.8, 4) is 0 Å². The lowest BCUT2D eigenvalue weighted by atomic mass is 9.99. The predicted molar refractivity (Wildman–Crippen MR) is 90.2 cm³/mol. The van der Waals surface area contributed by atoms with E-state index in [0.29, 0.717) is 6.54 Å². The summed E-state index contributed by atoms with van der Waals surface area (Å²) in [5, 5.41) is 2.03. The maximum absolute atomic E-state index is 13.0. The lowest BCUT2D eigenvalue weighted by Crippen LogP contribution is -2.28. The molecule has 1 amide bonds. The number of anilines is 1. The molecule has 0 spiro atoms. The Labute approximate surface area is 133 Å². The number of thiophene rings is 1. The molecule has 0 aliphatic carbocycles. The Hall–Kier alpha value is -2.39. The van der Waals surface area contributed by atoms with Crippen molar-refractivity contribution in [1.82, 2.24) is 0 Å². The van der Waals surface area contributed by atoms with E-state index in [9.17, 15) is 4.79 Å². The average molecular weight is 305 g/mol. The van der Waals surface area contributed by atoms with Crippen molar-refractivity contribution < 1.29 is 4.79 Å². The second kappa shape index (κ2) is 5.43. The van der Waals surface area contributed by atoms with Crippen molar-refractivity contribution in [2.45, 2.75) is 12.5 Å². The number of benzene rings is 2. The van der Waals surface area contributed by atoms with Gasteiger partial charge in [0.1, 0.15) is 0 Å². The van der Waals surface area contributed by atoms with Gasteiger partial charge in [-0.1, -0.05) is 54.6 Å². The Bertz CT molecular complexity index is 795. The molecule has 0 N–H and O–H groups in total. The number of amides is 1. The Morgan fingerprint density at radius 1 is 0.909 bits per heavy atom. The zero-order valence-electron chi connectivity index (χ0n) is 12.0. The van der Waals surface area contributed by atoms with Crippen LogP contribution in [0, 0.1) is 0 Å². The number of carbonyl (C=O) groups is 1. The number of fused-ring (bicyclic) bond motifs is 1. The minimum Gasteiger partial charge on any atom is -0.307 e. The van der Waals surface area contributed by atoms with Crippen LogP contribution in [0.15, 0.2) is 72.1 Å². The molecular weight excluding hydrogens is 290 g/mol. The topological polar surface area (TPSA) is 20.3 Å². The largest absolute Gasteiger partial charge is 0.307 e. The summed E-state index contributed by atoms with van der Waals surface area (Å²) in [5.41, 5.74) is 3.30. The van der Waals surface area contributed by atoms with E-state index in [1.165, 1.54) is 0 Å². The van der Waals surface area contributed by atoms with Crippen LogP contribution in [0.4, 0.5) is 5.69 Å². The maximum atomic E-state index is 13.0. The summed E-state index contributed by atoms with van der Waals surface area (Å²) < 4.78 is 0. The van der Waals surface area contributed by atoms with E-state index in [2.05, 4.69) is 24.3 Å². The van der Waals surface area contributed by atoms with Crippen LogP contribution in [0.5, 0.6) is 0 Å². The van der Waals surface area contributed by atoms with Gasteiger partial charge in [0.05, 0.1) is 12.5 Å². The van der Waals surface area contributed by atoms with Crippen molar-refractivity contribution in [2.24, 2.45) is 0 Å². The molecule has 0 fully saturated rings. The normalized spacial score (nSPS) is 16.8. The molecule has 1 aliphatic rings. The van der Waals surface area contributed by atoms with Crippen LogP contribution in [0.2, 0.25) is 0 Å². The minimum atomic E-state index is -0.153. The third-order valence-corrected chi connectivity index (χ3v) is 5.00. The second-order valence-electron chi connectivity index (χ2n) is 5.42. The van der Waals surface area contributed by atoms with Crippen molar-refractivity contribution in [1.29, 1.82) is 0 Å². The molecule has 0 saturated heterocycles. The molecule has 3 aromatic rings. The van der Waals surface area contributed by atoms with Crippen LogP contribution < -0.4 is 4.90 Å². The zero-order valence-corrected chi connectivity index (χ0v) is 12.8. The first-order valence-electron chi connectivity index (χ1n) is 7.32. The third kappa shape index (κ3) is 2.14. The van der Waals surface area contributed by atoms with Gasteiger partial charge in [0.15, 0.2) is 0 Å². The lowest BCUT2D eigenvalue weighted by Gasteiger charge is -2.18. The fourth-order valence-electron chi connectivity index (χ4n) is 3.04. The second-order valence-corrected chi connectivity index (χ2v) is 6.40. The monoisotopic (exact) mass is 305 g/mol. The average Bonchev–Trinajstić information content (AvgIpc) is 3.16. The molecule has 0 saturated carbocycles. The Morgan fingerprint density at radius 3 is 2.45 bits per heavy atom. The van der Waals surface area contributed by atoms with E-state index >= 15 is 0 Å². The SMILES string of the molecule is O=C1C(c2cccs2)c2ccccc2N1Cc1ccccc1. The molecule has 108 valence electrons. The maximum Gasteiger partial charge on any atom is 0.240 e. The summed E-state index contributed by atoms with van der Waals surface area (Å²) in [6.07, 6.45) is 0. The van der Waals surface area contributed by atoms with Crippen molar-refractivity contribution >= 4 is 22.9 Å². The van der Waals surface area contributed by atoms with Crippen molar-refractivity contribution in [2.75, 3.05) is 4.90 Å². The quantitative estimate of drug-likeness (QED) is 0.701. The first kappa shape index (κ1) is 13.3. The van der Waals surface area contributed by atoms with Gasteiger partial charge in [-0.2, -0.15) is 0 Å². The molecule has 1 unspecified atom stereocenters. The number of nitrogens with zero attached hydrogens (tertiary/aromatic N) is 1. The first-order valence-corrected chi connectivity index (χ1v) is 8.20. The van der Waals surface area contributed by atoms with Gasteiger partial charge >= 0.3 is 0 Å². The number of para-hydroxylation sites is 1. The lowest BCUT2D eigenvalue weighted by molar-refractivity contribution is -0.118. The van der Waals surface area contributed by atoms with E-state index in [1.54, 1.807) is 11.3 Å². The van der Waals surface area contributed by atoms with Gasteiger partial charge < -0.3 is 4.90 Å². The molecule has 1 aromatic heterocycles. The summed E-state index contributed by atoms with van der Waals surface area (Å²) in [6, 6.07) is 22.3. The van der Waals surface area contributed by atoms with Gasteiger partial charge in [-0.15, -0.1) is 11.3 Å². The number of hydrogen-bond acceptors (Lipinski definition) is 2. The predicted octanol–water partition coefficient (Wildman–Crippen LogP) is 4.43. The Kier molecular flexibility index (Phi) is 3.28. The summed E-state index contributed by atoms with van der Waals surface area (Å²) in [5.74, 6) is 0.0208. The molecule has 0 radical (unpaired) electrons. The van der Waals surface area contributed by atoms with Gasteiger partial charge in [-0.3, -0.25) is 4.79 Å². The van der Waals surface area contributed by atoms with E-state index in [4.69, 9.17) is 0 Å². The van der Waals surface area contributed by atoms with Crippen molar-refractivity contribution in [3.63, 3.8) is 0 Å². The van der Waals surface area contributed by atoms with E-state index in [0.717, 1.165) is 21.7 Å². The van der Waals surface area contributed by atoms with Gasteiger partial charge in [0, 0.05) is 10.6 Å². The molecule has 0 bridgehead atoms. The summed E-state index contributed by atoms with van der Waals surface area (Å²) in [7, 11) is 0. The van der Waals surface area contributed by atoms with Gasteiger partial charge in [-0.25, -0.2) is 0 Å². The standard InChI is InChI=1S/C19H15NOS/c21-19-18(17-11-6-12-22-17)15-9-4-5-10-16(15)20(19)13-14-7-2-1-3-8-14/h1-12,18H,13H2. The molecule has 2 heterocycles. The van der Waals surface area contributed by atoms with E-state index in [-0.39, 0.29) is 11.8 Å². The smallest absolute Gasteiger partial charge is 0.240 e. The Morgan fingerprint density at radius 2 is 1.68 bits per heavy atom. The highest BCUT2D eigenvalue weighted by Gasteiger charge is 2.38. The highest BCUT2D eigenvalue weighted by Crippen LogP contribution is 2.42. The molecule has 2 nitrogen and oxygen atoms in total. The molecular formula is C19H15NOS. The van der Waals surface area contributed by atoms with E-state index in [1.807, 2.05) is 52.7 Å². The molecule has 1 atom stereocenters. The highest BCUT2D eigenvalue weighted by molar-refractivity contribution is 7.10. The van der Waals surface area contributed by atoms with Crippen LogP contribution in [0.1, 0.15) is 21.9 Å². The third-order valence-electron chi connectivity index (χ3n) is 4.06. The number of hydrogen-bond donors (Lipinski definition) is 0. The summed E-state index contributed by atoms with van der Waals surface area (Å²) in [6.45, 7) is 0.624. The molecule has 3 heteroatoms. The molecule has 22 heavy (non-hydrogen) atoms. The van der Waals surface area contributed by atoms with Gasteiger partial charge in [0.25, 0.3) is 0 Å². The minimum absolute atomic E-state index is 0.153. The molecule has 2 aromatic carbocycles. The highest BCUT2D eigenvalue weighted by atomic mass is 32.1. The molecule has 4 rings (SSSR count).